The Morgan fingerprint density at radius 1 is 1.10 bits per heavy atom. The van der Waals surface area contributed by atoms with Crippen molar-refractivity contribution in [1.82, 2.24) is 0 Å². The second-order valence-electron chi connectivity index (χ2n) is 6.14. The number of hydrogen-bond donors (Lipinski definition) is 0. The number of hydrogen-bond acceptors (Lipinski definition) is 4. The Balaban J connectivity index is 2.42. The van der Waals surface area contributed by atoms with E-state index in [2.05, 4.69) is 27.5 Å². The molecule has 1 atom stereocenters. The normalized spacial score (nSPS) is 13.5. The first-order chi connectivity index (χ1) is 13.9. The van der Waals surface area contributed by atoms with Crippen molar-refractivity contribution < 1.29 is 13.7 Å². The maximum Gasteiger partial charge on any atom is 0.333 e. The molecule has 0 heterocycles. The van der Waals surface area contributed by atoms with Gasteiger partial charge in [-0.15, -0.1) is 0 Å². The molecule has 5 heteroatoms. The molecule has 0 spiro atoms. The molecule has 4 nitrogen and oxygen atoms in total. The molecule has 0 aliphatic carbocycles. The van der Waals surface area contributed by atoms with E-state index in [0.717, 1.165) is 0 Å². The number of ether oxygens (including phenoxy) is 1. The van der Waals surface area contributed by atoms with Crippen molar-refractivity contribution in [1.29, 1.82) is 0 Å². The number of allylic oxidation sites excluding steroid dienone is 4. The van der Waals surface area contributed by atoms with Crippen LogP contribution in [0.4, 0.5) is 5.69 Å². The van der Waals surface area contributed by atoms with Gasteiger partial charge in [-0.05, 0) is 37.3 Å². The monoisotopic (exact) mass is 405 g/mol. The first-order valence-corrected chi connectivity index (χ1v) is 10.8. The standard InChI is InChI=1S/C24H23NO3S/c1-5-20(16-15-19(2)24(26)28-3)17-18-21-11-9-10-14-23(21)25-29(4,27)22-12-7-6-8-13-22/h5-16H,1H2,2-4H3/b19-15+,20-16+. The van der Waals surface area contributed by atoms with E-state index in [-0.39, 0.29) is 0 Å². The summed E-state index contributed by atoms with van der Waals surface area (Å²) < 4.78 is 22.2. The number of benzene rings is 2. The van der Waals surface area contributed by atoms with Gasteiger partial charge < -0.3 is 4.74 Å². The first-order valence-electron chi connectivity index (χ1n) is 8.85. The number of carbonyl (C=O) groups is 1. The lowest BCUT2D eigenvalue weighted by Crippen LogP contribution is -2.00. The van der Waals surface area contributed by atoms with Gasteiger partial charge in [0, 0.05) is 22.3 Å². The zero-order valence-corrected chi connectivity index (χ0v) is 17.5. The molecule has 2 aromatic carbocycles. The molecule has 0 aliphatic heterocycles. The average molecular weight is 406 g/mol. The third-order valence-electron chi connectivity index (χ3n) is 3.94. The van der Waals surface area contributed by atoms with E-state index in [0.29, 0.717) is 27.3 Å². The highest BCUT2D eigenvalue weighted by Gasteiger charge is 2.07. The quantitative estimate of drug-likeness (QED) is 0.302. The fourth-order valence-corrected chi connectivity index (χ4v) is 3.62. The number of carbonyl (C=O) groups excluding carboxylic acids is 1. The summed E-state index contributed by atoms with van der Waals surface area (Å²) >= 11 is 0. The fraction of sp³-hybridized carbons (Fsp3) is 0.125. The van der Waals surface area contributed by atoms with Crippen molar-refractivity contribution in [3.05, 3.63) is 96.1 Å². The van der Waals surface area contributed by atoms with Gasteiger partial charge in [0.1, 0.15) is 0 Å². The summed E-state index contributed by atoms with van der Waals surface area (Å²) in [6.07, 6.45) is 6.53. The summed E-state index contributed by atoms with van der Waals surface area (Å²) in [5, 5.41) is 0. The molecular formula is C24H23NO3S. The molecule has 0 bridgehead atoms. The van der Waals surface area contributed by atoms with Crippen LogP contribution in [0.3, 0.4) is 0 Å². The zero-order valence-electron chi connectivity index (χ0n) is 16.7. The Morgan fingerprint density at radius 2 is 1.76 bits per heavy atom. The molecule has 0 radical (unpaired) electrons. The van der Waals surface area contributed by atoms with Crippen LogP contribution in [-0.4, -0.2) is 23.5 Å². The molecule has 0 aliphatic rings. The highest BCUT2D eigenvalue weighted by Crippen LogP contribution is 2.23. The van der Waals surface area contributed by atoms with E-state index < -0.39 is 15.7 Å². The third-order valence-corrected chi connectivity index (χ3v) is 5.63. The van der Waals surface area contributed by atoms with Crippen LogP contribution in [0.5, 0.6) is 0 Å². The van der Waals surface area contributed by atoms with E-state index in [1.807, 2.05) is 36.4 Å². The molecule has 2 rings (SSSR count). The predicted molar refractivity (Wildman–Crippen MR) is 118 cm³/mol. The number of methoxy groups -OCH3 is 1. The Bertz CT molecular complexity index is 1140. The Morgan fingerprint density at radius 3 is 2.41 bits per heavy atom. The minimum Gasteiger partial charge on any atom is -0.466 e. The van der Waals surface area contributed by atoms with Crippen molar-refractivity contribution in [3.8, 4) is 11.8 Å². The SMILES string of the molecule is C=C/C(C#Cc1ccccc1N=S(C)(=O)c1ccccc1)=C\C=C(/C)C(=O)OC. The molecule has 0 amide bonds. The van der Waals surface area contributed by atoms with E-state index in [1.54, 1.807) is 49.6 Å². The number of rotatable bonds is 5. The highest BCUT2D eigenvalue weighted by atomic mass is 32.2. The van der Waals surface area contributed by atoms with E-state index >= 15 is 0 Å². The maximum absolute atomic E-state index is 13.1. The van der Waals surface area contributed by atoms with Crippen LogP contribution in [0.25, 0.3) is 0 Å². The summed E-state index contributed by atoms with van der Waals surface area (Å²) in [7, 11) is -1.27. The minimum atomic E-state index is -2.60. The Hall–Kier alpha value is -3.36. The zero-order chi connectivity index (χ0) is 21.3. The second kappa shape index (κ2) is 10.3. The molecule has 148 valence electrons. The van der Waals surface area contributed by atoms with Crippen LogP contribution in [0.15, 0.2) is 99.8 Å². The summed E-state index contributed by atoms with van der Waals surface area (Å²) in [6, 6.07) is 16.4. The smallest absolute Gasteiger partial charge is 0.333 e. The number of nitrogens with zero attached hydrogens (tertiary/aromatic N) is 1. The van der Waals surface area contributed by atoms with Gasteiger partial charge in [0.2, 0.25) is 0 Å². The molecule has 0 N–H and O–H groups in total. The highest BCUT2D eigenvalue weighted by molar-refractivity contribution is 7.93. The minimum absolute atomic E-state index is 0.402. The second-order valence-corrected chi connectivity index (χ2v) is 8.40. The van der Waals surface area contributed by atoms with Gasteiger partial charge in [0.25, 0.3) is 0 Å². The third kappa shape index (κ3) is 6.34. The van der Waals surface area contributed by atoms with Crippen molar-refractivity contribution in [2.24, 2.45) is 4.36 Å². The van der Waals surface area contributed by atoms with Crippen LogP contribution in [0, 0.1) is 11.8 Å². The largest absolute Gasteiger partial charge is 0.466 e. The van der Waals surface area contributed by atoms with Crippen LogP contribution in [-0.2, 0) is 19.3 Å². The first kappa shape index (κ1) is 21.9. The van der Waals surface area contributed by atoms with Gasteiger partial charge in [-0.3, -0.25) is 0 Å². The van der Waals surface area contributed by atoms with Crippen molar-refractivity contribution in [2.45, 2.75) is 11.8 Å². The Labute approximate surface area is 172 Å². The fourth-order valence-electron chi connectivity index (χ4n) is 2.32. The van der Waals surface area contributed by atoms with Crippen LogP contribution < -0.4 is 0 Å². The van der Waals surface area contributed by atoms with E-state index in [4.69, 9.17) is 0 Å². The molecule has 1 unspecified atom stereocenters. The maximum atomic E-state index is 13.1. The van der Waals surface area contributed by atoms with E-state index in [9.17, 15) is 9.00 Å². The van der Waals surface area contributed by atoms with Gasteiger partial charge in [-0.2, -0.15) is 4.36 Å². The van der Waals surface area contributed by atoms with Gasteiger partial charge in [0.05, 0.1) is 28.1 Å². The summed E-state index contributed by atoms with van der Waals surface area (Å²) in [4.78, 5) is 12.1. The van der Waals surface area contributed by atoms with Crippen LogP contribution >= 0.6 is 0 Å². The molecule has 0 saturated carbocycles. The molecule has 0 saturated heterocycles. The van der Waals surface area contributed by atoms with Gasteiger partial charge >= 0.3 is 5.97 Å². The van der Waals surface area contributed by atoms with Crippen LogP contribution in [0.1, 0.15) is 12.5 Å². The molecular weight excluding hydrogens is 382 g/mol. The molecule has 29 heavy (non-hydrogen) atoms. The molecule has 2 aromatic rings. The van der Waals surface area contributed by atoms with Crippen molar-refractivity contribution in [2.75, 3.05) is 13.4 Å². The van der Waals surface area contributed by atoms with Gasteiger partial charge in [0.15, 0.2) is 0 Å². The molecule has 0 aromatic heterocycles. The summed E-state index contributed by atoms with van der Waals surface area (Å²) in [5.41, 5.74) is 2.29. The van der Waals surface area contributed by atoms with Crippen LogP contribution in [0.2, 0.25) is 0 Å². The molecule has 0 fully saturated rings. The van der Waals surface area contributed by atoms with Gasteiger partial charge in [-0.1, -0.05) is 60.9 Å². The summed E-state index contributed by atoms with van der Waals surface area (Å²) in [5.74, 6) is 5.66. The predicted octanol–water partition coefficient (Wildman–Crippen LogP) is 5.06. The average Bonchev–Trinajstić information content (AvgIpc) is 2.74. The lowest BCUT2D eigenvalue weighted by molar-refractivity contribution is -0.136. The Kier molecular flexibility index (Phi) is 7.76. The van der Waals surface area contributed by atoms with Crippen molar-refractivity contribution in [3.63, 3.8) is 0 Å². The van der Waals surface area contributed by atoms with Crippen molar-refractivity contribution >= 4 is 21.4 Å². The lowest BCUT2D eigenvalue weighted by atomic mass is 10.1. The topological polar surface area (TPSA) is 55.7 Å². The lowest BCUT2D eigenvalue weighted by Gasteiger charge is -2.05. The van der Waals surface area contributed by atoms with E-state index in [1.165, 1.54) is 7.11 Å². The van der Waals surface area contributed by atoms with Gasteiger partial charge in [-0.25, -0.2) is 9.00 Å². The number of esters is 1. The summed E-state index contributed by atoms with van der Waals surface area (Å²) in [6.45, 7) is 5.41.